The number of furan rings is 1. The number of nitrogens with one attached hydrogen (secondary N) is 1. The minimum atomic E-state index is -0.0909. The molecule has 1 saturated heterocycles. The van der Waals surface area contributed by atoms with E-state index in [0.29, 0.717) is 24.2 Å². The summed E-state index contributed by atoms with van der Waals surface area (Å²) in [5, 5.41) is 3.07. The van der Waals surface area contributed by atoms with Crippen molar-refractivity contribution in [2.75, 3.05) is 13.1 Å². The zero-order valence-electron chi connectivity index (χ0n) is 14.7. The molecule has 1 N–H and O–H groups in total. The van der Waals surface area contributed by atoms with E-state index in [4.69, 9.17) is 4.42 Å². The number of piperidine rings is 1. The van der Waals surface area contributed by atoms with Crippen molar-refractivity contribution in [3.8, 4) is 5.69 Å². The van der Waals surface area contributed by atoms with Gasteiger partial charge in [0.15, 0.2) is 0 Å². The minimum absolute atomic E-state index is 0.0244. The van der Waals surface area contributed by atoms with E-state index >= 15 is 0 Å². The third-order valence-electron chi connectivity index (χ3n) is 4.82. The van der Waals surface area contributed by atoms with E-state index in [2.05, 4.69) is 10.3 Å². The second-order valence-electron chi connectivity index (χ2n) is 6.57. The topological polar surface area (TPSA) is 80.4 Å². The van der Waals surface area contributed by atoms with Crippen molar-refractivity contribution in [1.29, 1.82) is 0 Å². The number of nitrogens with zero attached hydrogens (tertiary/aromatic N) is 3. The number of amides is 2. The van der Waals surface area contributed by atoms with E-state index in [1.54, 1.807) is 23.5 Å². The number of imidazole rings is 1. The number of likely N-dealkylation sites (tertiary alicyclic amines) is 1. The fraction of sp³-hybridized carbons (Fsp3) is 0.250. The maximum absolute atomic E-state index is 12.5. The first kappa shape index (κ1) is 17.1. The molecule has 0 unspecified atom stereocenters. The molecule has 1 aromatic carbocycles. The van der Waals surface area contributed by atoms with Crippen molar-refractivity contribution in [3.05, 3.63) is 72.7 Å². The van der Waals surface area contributed by atoms with Crippen LogP contribution in [-0.2, 0) is 0 Å². The van der Waals surface area contributed by atoms with Crippen LogP contribution in [0, 0.1) is 0 Å². The predicted octanol–water partition coefficient (Wildman–Crippen LogP) is 2.50. The van der Waals surface area contributed by atoms with Crippen LogP contribution >= 0.6 is 0 Å². The van der Waals surface area contributed by atoms with Gasteiger partial charge in [-0.15, -0.1) is 0 Å². The van der Waals surface area contributed by atoms with E-state index < -0.39 is 0 Å². The van der Waals surface area contributed by atoms with E-state index in [1.165, 1.54) is 12.5 Å². The van der Waals surface area contributed by atoms with Gasteiger partial charge in [-0.1, -0.05) is 0 Å². The molecular weight excluding hydrogens is 344 g/mol. The summed E-state index contributed by atoms with van der Waals surface area (Å²) in [5.41, 5.74) is 2.14. The average Bonchev–Trinajstić information content (AvgIpc) is 3.42. The largest absolute Gasteiger partial charge is 0.472 e. The number of carbonyl (C=O) groups is 2. The number of rotatable bonds is 4. The maximum atomic E-state index is 12.5. The van der Waals surface area contributed by atoms with Gasteiger partial charge >= 0.3 is 0 Å². The quantitative estimate of drug-likeness (QED) is 0.771. The number of aromatic nitrogens is 2. The van der Waals surface area contributed by atoms with Gasteiger partial charge in [-0.25, -0.2) is 4.98 Å². The summed E-state index contributed by atoms with van der Waals surface area (Å²) in [6, 6.07) is 9.14. The van der Waals surface area contributed by atoms with Gasteiger partial charge < -0.3 is 19.2 Å². The first-order chi connectivity index (χ1) is 13.2. The number of hydrogen-bond acceptors (Lipinski definition) is 4. The van der Waals surface area contributed by atoms with Crippen LogP contribution < -0.4 is 5.32 Å². The minimum Gasteiger partial charge on any atom is -0.472 e. The second-order valence-corrected chi connectivity index (χ2v) is 6.57. The molecule has 138 valence electrons. The SMILES string of the molecule is O=C(NC1CCN(C(=O)c2ccoc2)CC1)c1ccc(-n2ccnc2)cc1. The van der Waals surface area contributed by atoms with E-state index in [0.717, 1.165) is 18.5 Å². The Hall–Kier alpha value is -3.35. The Morgan fingerprint density at radius 3 is 2.48 bits per heavy atom. The van der Waals surface area contributed by atoms with Crippen molar-refractivity contribution in [2.24, 2.45) is 0 Å². The van der Waals surface area contributed by atoms with Crippen molar-refractivity contribution in [3.63, 3.8) is 0 Å². The Morgan fingerprint density at radius 1 is 1.07 bits per heavy atom. The average molecular weight is 364 g/mol. The highest BCUT2D eigenvalue weighted by Crippen LogP contribution is 2.15. The molecule has 1 aliphatic rings. The van der Waals surface area contributed by atoms with Gasteiger partial charge in [-0.05, 0) is 43.2 Å². The van der Waals surface area contributed by atoms with Gasteiger partial charge in [0, 0.05) is 42.8 Å². The van der Waals surface area contributed by atoms with Crippen LogP contribution in [-0.4, -0.2) is 45.4 Å². The lowest BCUT2D eigenvalue weighted by Crippen LogP contribution is -2.46. The molecule has 1 aliphatic heterocycles. The van der Waals surface area contributed by atoms with E-state index in [1.807, 2.05) is 35.0 Å². The Kier molecular flexibility index (Phi) is 4.74. The fourth-order valence-corrected chi connectivity index (χ4v) is 3.26. The Morgan fingerprint density at radius 2 is 1.85 bits per heavy atom. The third kappa shape index (κ3) is 3.76. The Balaban J connectivity index is 1.31. The molecule has 0 spiro atoms. The molecule has 2 aromatic heterocycles. The molecule has 7 nitrogen and oxygen atoms in total. The molecule has 7 heteroatoms. The van der Waals surface area contributed by atoms with Crippen LogP contribution in [0.1, 0.15) is 33.6 Å². The lowest BCUT2D eigenvalue weighted by Gasteiger charge is -2.32. The normalized spacial score (nSPS) is 14.9. The molecule has 3 heterocycles. The monoisotopic (exact) mass is 364 g/mol. The Labute approximate surface area is 156 Å². The first-order valence-electron chi connectivity index (χ1n) is 8.91. The number of carbonyl (C=O) groups excluding carboxylic acids is 2. The Bertz CT molecular complexity index is 893. The number of hydrogen-bond donors (Lipinski definition) is 1. The molecule has 3 aromatic rings. The van der Waals surface area contributed by atoms with Crippen molar-refractivity contribution >= 4 is 11.8 Å². The lowest BCUT2D eigenvalue weighted by atomic mass is 10.0. The van der Waals surface area contributed by atoms with E-state index in [9.17, 15) is 9.59 Å². The molecule has 0 radical (unpaired) electrons. The van der Waals surface area contributed by atoms with Gasteiger partial charge in [0.05, 0.1) is 18.2 Å². The van der Waals surface area contributed by atoms with Crippen molar-refractivity contribution in [2.45, 2.75) is 18.9 Å². The smallest absolute Gasteiger partial charge is 0.257 e. The molecule has 0 atom stereocenters. The van der Waals surface area contributed by atoms with E-state index in [-0.39, 0.29) is 17.9 Å². The fourth-order valence-electron chi connectivity index (χ4n) is 3.26. The van der Waals surface area contributed by atoms with Crippen molar-refractivity contribution < 1.29 is 14.0 Å². The van der Waals surface area contributed by atoms with Gasteiger partial charge in [0.2, 0.25) is 0 Å². The zero-order chi connectivity index (χ0) is 18.6. The van der Waals surface area contributed by atoms with Crippen LogP contribution in [0.3, 0.4) is 0 Å². The third-order valence-corrected chi connectivity index (χ3v) is 4.82. The standard InChI is InChI=1S/C20H20N4O3/c25-19(15-1-3-18(4-2-15)24-11-8-21-14-24)22-17-5-9-23(10-6-17)20(26)16-7-12-27-13-16/h1-4,7-8,11-14,17H,5-6,9-10H2,(H,22,25). The van der Waals surface area contributed by atoms with Crippen molar-refractivity contribution in [1.82, 2.24) is 19.8 Å². The van der Waals surface area contributed by atoms with Gasteiger partial charge in [0.25, 0.3) is 11.8 Å². The summed E-state index contributed by atoms with van der Waals surface area (Å²) < 4.78 is 6.86. The summed E-state index contributed by atoms with van der Waals surface area (Å²) in [4.78, 5) is 30.6. The molecule has 2 amide bonds. The molecule has 4 rings (SSSR count). The van der Waals surface area contributed by atoms with Crippen LogP contribution in [0.25, 0.3) is 5.69 Å². The summed E-state index contributed by atoms with van der Waals surface area (Å²) in [6.45, 7) is 1.24. The summed E-state index contributed by atoms with van der Waals surface area (Å²) >= 11 is 0. The highest BCUT2D eigenvalue weighted by atomic mass is 16.3. The van der Waals surface area contributed by atoms with Crippen LogP contribution in [0.15, 0.2) is 66.0 Å². The van der Waals surface area contributed by atoms with Crippen LogP contribution in [0.2, 0.25) is 0 Å². The highest BCUT2D eigenvalue weighted by Gasteiger charge is 2.25. The zero-order valence-corrected chi connectivity index (χ0v) is 14.7. The lowest BCUT2D eigenvalue weighted by molar-refractivity contribution is 0.0697. The molecule has 0 aliphatic carbocycles. The molecule has 0 saturated carbocycles. The van der Waals surface area contributed by atoms with Crippen LogP contribution in [0.5, 0.6) is 0 Å². The first-order valence-corrected chi connectivity index (χ1v) is 8.91. The second kappa shape index (κ2) is 7.49. The van der Waals surface area contributed by atoms with Gasteiger partial charge in [0.1, 0.15) is 6.26 Å². The van der Waals surface area contributed by atoms with Gasteiger partial charge in [-0.2, -0.15) is 0 Å². The van der Waals surface area contributed by atoms with Crippen LogP contribution in [0.4, 0.5) is 0 Å². The molecule has 1 fully saturated rings. The summed E-state index contributed by atoms with van der Waals surface area (Å²) in [7, 11) is 0. The molecule has 0 bridgehead atoms. The predicted molar refractivity (Wildman–Crippen MR) is 98.7 cm³/mol. The summed E-state index contributed by atoms with van der Waals surface area (Å²) in [6.07, 6.45) is 9.72. The molecule has 27 heavy (non-hydrogen) atoms. The summed E-state index contributed by atoms with van der Waals surface area (Å²) in [5.74, 6) is -0.115. The highest BCUT2D eigenvalue weighted by molar-refractivity contribution is 5.95. The molecular formula is C20H20N4O3. The van der Waals surface area contributed by atoms with Gasteiger partial charge in [-0.3, -0.25) is 9.59 Å². The number of benzene rings is 1. The maximum Gasteiger partial charge on any atom is 0.257 e.